The van der Waals surface area contributed by atoms with Gasteiger partial charge in [0.2, 0.25) is 0 Å². The Hall–Kier alpha value is -5.37. The molecule has 0 bridgehead atoms. The quantitative estimate of drug-likeness (QED) is 0.0259. The molecular weight excluding hydrogens is 1220 g/mol. The fraction of sp³-hybridized carbons (Fsp3) is 0.492. The summed E-state index contributed by atoms with van der Waals surface area (Å²) in [5.74, 6) is 2.21. The summed E-state index contributed by atoms with van der Waals surface area (Å²) < 4.78 is 347. The highest BCUT2D eigenvalue weighted by Crippen LogP contribution is 2.42. The first-order valence-corrected chi connectivity index (χ1v) is 29.3. The van der Waals surface area contributed by atoms with E-state index < -0.39 is 195 Å². The van der Waals surface area contributed by atoms with Gasteiger partial charge in [-0.1, -0.05) is 164 Å². The Kier molecular flexibility index (Phi) is 25.3. The maximum Gasteiger partial charge on any atom is 0.416 e. The first-order valence-electron chi connectivity index (χ1n) is 27.1. The van der Waals surface area contributed by atoms with Gasteiger partial charge in [0.15, 0.2) is 0 Å². The monoisotopic (exact) mass is 1280 g/mol. The van der Waals surface area contributed by atoms with Gasteiger partial charge in [-0.15, -0.1) is 0 Å². The average molecular weight is 1280 g/mol. The lowest BCUT2D eigenvalue weighted by atomic mass is 9.12. The van der Waals surface area contributed by atoms with E-state index in [1.165, 1.54) is 114 Å². The van der Waals surface area contributed by atoms with E-state index >= 15 is 0 Å². The van der Waals surface area contributed by atoms with E-state index in [0.717, 1.165) is 12.4 Å². The molecule has 1 nitrogen and oxygen atoms in total. The molecule has 27 heteroatoms. The molecule has 5 aromatic rings. The number of halogens is 24. The van der Waals surface area contributed by atoms with Crippen molar-refractivity contribution in [2.75, 3.05) is 19.1 Å². The van der Waals surface area contributed by atoms with Crippen LogP contribution in [0.5, 0.6) is 5.75 Å². The molecule has 0 radical (unpaired) electrons. The molecule has 0 aliphatic rings. The van der Waals surface area contributed by atoms with Crippen molar-refractivity contribution in [1.29, 1.82) is 0 Å². The van der Waals surface area contributed by atoms with E-state index in [9.17, 15) is 105 Å². The second kappa shape index (κ2) is 29.8. The lowest BCUT2D eigenvalue weighted by molar-refractivity contribution is -0.144. The molecule has 86 heavy (non-hydrogen) atoms. The summed E-state index contributed by atoms with van der Waals surface area (Å²) >= 11 is 0. The molecule has 5 rings (SSSR count). The topological polar surface area (TPSA) is 9.23 Å². The number of ether oxygens (including phenoxy) is 1. The molecule has 0 aliphatic carbocycles. The first kappa shape index (κ1) is 73.1. The van der Waals surface area contributed by atoms with Crippen molar-refractivity contribution in [3.8, 4) is 5.75 Å². The number of unbranched alkanes of at least 4 members (excludes halogenated alkanes) is 15. The minimum absolute atomic E-state index is 0.469. The van der Waals surface area contributed by atoms with Crippen LogP contribution < -0.4 is 26.6 Å². The Morgan fingerprint density at radius 1 is 0.302 bits per heavy atom. The Morgan fingerprint density at radius 3 is 0.709 bits per heavy atom. The highest BCUT2D eigenvalue weighted by atomic mass is 32.2. The number of benzene rings is 5. The average Bonchev–Trinajstić information content (AvgIpc) is 0.729. The number of hydrogen-bond acceptors (Lipinski definition) is 1. The lowest BCUT2D eigenvalue weighted by Crippen LogP contribution is -2.75. The van der Waals surface area contributed by atoms with Crippen molar-refractivity contribution < 1.29 is 110 Å². The molecule has 0 N–H and O–H groups in total. The van der Waals surface area contributed by atoms with Gasteiger partial charge in [0.25, 0.3) is 0 Å². The van der Waals surface area contributed by atoms with Gasteiger partial charge in [0.05, 0.1) is 63.6 Å². The van der Waals surface area contributed by atoms with Crippen LogP contribution in [-0.2, 0) is 66.1 Å². The van der Waals surface area contributed by atoms with Gasteiger partial charge in [-0.2, -0.15) is 127 Å². The van der Waals surface area contributed by atoms with Crippen molar-refractivity contribution in [2.45, 2.75) is 165 Å². The normalized spacial score (nSPS) is 13.3. The van der Waals surface area contributed by atoms with E-state index in [2.05, 4.69) is 43.7 Å². The second-order valence-corrected chi connectivity index (χ2v) is 23.4. The van der Waals surface area contributed by atoms with E-state index in [0.29, 0.717) is 10.9 Å². The molecule has 0 unspecified atom stereocenters. The van der Waals surface area contributed by atoms with Gasteiger partial charge >= 0.3 is 49.4 Å². The van der Waals surface area contributed by atoms with E-state index in [4.69, 9.17) is 4.74 Å². The van der Waals surface area contributed by atoms with Crippen LogP contribution in [0.2, 0.25) is 0 Å². The van der Waals surface area contributed by atoms with E-state index in [1.54, 1.807) is 0 Å². The predicted molar refractivity (Wildman–Crippen MR) is 284 cm³/mol. The van der Waals surface area contributed by atoms with Crippen LogP contribution >= 0.6 is 0 Å². The third-order valence-corrected chi connectivity index (χ3v) is 15.0. The van der Waals surface area contributed by atoms with E-state index in [1.807, 2.05) is 0 Å². The fourth-order valence-electron chi connectivity index (χ4n) is 9.93. The number of hydrogen-bond donors (Lipinski definition) is 0. The van der Waals surface area contributed by atoms with Gasteiger partial charge in [0.1, 0.15) is 17.6 Å². The summed E-state index contributed by atoms with van der Waals surface area (Å²) in [6.07, 6.45) is -27.6. The summed E-state index contributed by atoms with van der Waals surface area (Å²) in [4.78, 5) is 0. The zero-order valence-corrected chi connectivity index (χ0v) is 47.2. The number of alkyl halides is 24. The Balaban J connectivity index is 0.000000459. The zero-order valence-electron chi connectivity index (χ0n) is 46.4. The van der Waals surface area contributed by atoms with Crippen LogP contribution in [0, 0.1) is 0 Å². The number of rotatable bonds is 24. The fourth-order valence-corrected chi connectivity index (χ4v) is 10.8. The smallest absolute Gasteiger partial charge is 0.416 e. The van der Waals surface area contributed by atoms with Crippen molar-refractivity contribution in [3.05, 3.63) is 147 Å². The molecule has 480 valence electrons. The maximum atomic E-state index is 14.2. The molecule has 0 aliphatic heterocycles. The third kappa shape index (κ3) is 21.7. The highest BCUT2D eigenvalue weighted by Gasteiger charge is 2.47. The molecule has 0 heterocycles. The Morgan fingerprint density at radius 2 is 0.512 bits per heavy atom. The highest BCUT2D eigenvalue weighted by molar-refractivity contribution is 7.94. The Bertz CT molecular complexity index is 2470. The summed E-state index contributed by atoms with van der Waals surface area (Å²) in [6.45, 7) is 3.16. The molecular formula is C59H61BF24OS. The van der Waals surface area contributed by atoms with Crippen molar-refractivity contribution in [2.24, 2.45) is 0 Å². The van der Waals surface area contributed by atoms with Crippen LogP contribution in [0.4, 0.5) is 105 Å². The SMILES string of the molecule is CCCCCCCCCCCCCCCCCCOc1ccc(C[S+](C)C)cc1.FC(F)(F)c1cc([B-](c2cc(C(F)(F)F)cc(C(F)(F)F)c2)(c2cc(C(F)(F)F)cc(C(F)(F)F)c2)c2cc(C(F)(F)F)cc(C(F)(F)F)c2)cc(C(F)(F)F)c1. The van der Waals surface area contributed by atoms with Crippen molar-refractivity contribution >= 4 is 38.9 Å². The van der Waals surface area contributed by atoms with Crippen LogP contribution in [0.3, 0.4) is 0 Å². The maximum absolute atomic E-state index is 14.2. The molecule has 0 aromatic heterocycles. The predicted octanol–water partition coefficient (Wildman–Crippen LogP) is 19.9. The molecule has 0 fully saturated rings. The van der Waals surface area contributed by atoms with Crippen LogP contribution in [0.15, 0.2) is 97.1 Å². The van der Waals surface area contributed by atoms with Crippen LogP contribution in [0.25, 0.3) is 0 Å². The van der Waals surface area contributed by atoms with Crippen LogP contribution in [0.1, 0.15) is 160 Å². The van der Waals surface area contributed by atoms with Crippen LogP contribution in [-0.4, -0.2) is 25.3 Å². The third-order valence-electron chi connectivity index (χ3n) is 14.1. The molecule has 0 spiro atoms. The first-order chi connectivity index (χ1) is 39.5. The van der Waals surface area contributed by atoms with Crippen molar-refractivity contribution in [1.82, 2.24) is 0 Å². The van der Waals surface area contributed by atoms with E-state index in [-0.39, 0.29) is 0 Å². The summed E-state index contributed by atoms with van der Waals surface area (Å²) in [5, 5.41) is 0. The summed E-state index contributed by atoms with van der Waals surface area (Å²) in [5.41, 5.74) is -28.8. The van der Waals surface area contributed by atoms with Gasteiger partial charge in [-0.25, -0.2) is 0 Å². The van der Waals surface area contributed by atoms with Crippen molar-refractivity contribution in [3.63, 3.8) is 0 Å². The van der Waals surface area contributed by atoms with Gasteiger partial charge in [-0.3, -0.25) is 0 Å². The van der Waals surface area contributed by atoms with Gasteiger partial charge in [0, 0.05) is 5.56 Å². The minimum Gasteiger partial charge on any atom is -0.494 e. The largest absolute Gasteiger partial charge is 0.494 e. The second-order valence-electron chi connectivity index (χ2n) is 21.1. The summed E-state index contributed by atoms with van der Waals surface area (Å²) in [6, 6.07) is -0.107. The molecule has 0 saturated carbocycles. The summed E-state index contributed by atoms with van der Waals surface area (Å²) in [7, 11) is 0.469. The standard InChI is InChI=1S/C32H12BF24.C27H49OS/c34-25(35,36)13-1-14(26(37,38)39)6-21(5-13)33(22-7-15(27(40,41)42)2-16(8-22)28(43,44)45,23-9-17(29(46,47)48)3-18(10-23)30(49,50)51)24-11-19(31(52,53)54)4-20(12-24)32(55,56)57;1-4-5-6-7-8-9-10-11-12-13-14-15-16-17-18-19-24-28-27-22-20-26(21-23-27)25-29(2)3/h1-12H;20-23H,4-19,24-25H2,1-3H3/q-1;+1. The molecule has 0 amide bonds. The molecule has 0 atom stereocenters. The van der Waals surface area contributed by atoms with Gasteiger partial charge in [-0.05, 0) is 53.7 Å². The zero-order chi connectivity index (χ0) is 64.9. The lowest BCUT2D eigenvalue weighted by Gasteiger charge is -2.46. The molecule has 5 aromatic carbocycles. The molecule has 0 saturated heterocycles. The van der Waals surface area contributed by atoms with Gasteiger partial charge < -0.3 is 4.74 Å². The minimum atomic E-state index is -6.13. The Labute approximate surface area is 484 Å².